The van der Waals surface area contributed by atoms with Gasteiger partial charge in [-0.05, 0) is 12.7 Å². The molecule has 1 saturated heterocycles. The molecule has 0 radical (unpaired) electrons. The zero-order valence-electron chi connectivity index (χ0n) is 9.71. The van der Waals surface area contributed by atoms with E-state index in [2.05, 4.69) is 0 Å². The summed E-state index contributed by atoms with van der Waals surface area (Å²) >= 11 is 1.46. The molecule has 0 unspecified atom stereocenters. The summed E-state index contributed by atoms with van der Waals surface area (Å²) in [6, 6.07) is -0.164. The first-order chi connectivity index (χ1) is 7.99. The highest BCUT2D eigenvalue weighted by Crippen LogP contribution is 2.46. The Bertz CT molecular complexity index is 404. The van der Waals surface area contributed by atoms with Crippen molar-refractivity contribution in [1.29, 1.82) is 0 Å². The van der Waals surface area contributed by atoms with E-state index < -0.39 is 18.0 Å². The Labute approximate surface area is 103 Å². The molecule has 2 rings (SSSR count). The van der Waals surface area contributed by atoms with Crippen molar-refractivity contribution in [2.45, 2.75) is 32.4 Å². The number of aliphatic hydroxyl groups is 1. The van der Waals surface area contributed by atoms with E-state index in [1.165, 1.54) is 16.7 Å². The standard InChI is InChI=1S/C11H15NO4S/c1-3-17-7-4-6-8(5(2)13)10(14)12(6)9(7)11(15)16/h5-6,8,13H,3-4H2,1-2H3,(H,15,16)/t5-,6+,8-/m0/s1. The Hall–Kier alpha value is -1.01. The number of carbonyl (C=O) groups excluding carboxylic acids is 1. The molecule has 0 aromatic heterocycles. The maximum atomic E-state index is 11.8. The molecule has 2 N–H and O–H groups in total. The zero-order chi connectivity index (χ0) is 12.7. The molecule has 0 aliphatic carbocycles. The molecular weight excluding hydrogens is 242 g/mol. The van der Waals surface area contributed by atoms with Crippen molar-refractivity contribution in [3.8, 4) is 0 Å². The number of fused-ring (bicyclic) bond motifs is 1. The summed E-state index contributed by atoms with van der Waals surface area (Å²) in [7, 11) is 0. The first-order valence-corrected chi connectivity index (χ1v) is 6.58. The van der Waals surface area contributed by atoms with Gasteiger partial charge in [-0.2, -0.15) is 0 Å². The van der Waals surface area contributed by atoms with Crippen LogP contribution >= 0.6 is 11.8 Å². The van der Waals surface area contributed by atoms with E-state index in [1.54, 1.807) is 6.92 Å². The lowest BCUT2D eigenvalue weighted by molar-refractivity contribution is -0.161. The van der Waals surface area contributed by atoms with Crippen LogP contribution in [0, 0.1) is 5.92 Å². The van der Waals surface area contributed by atoms with Crippen LogP contribution in [-0.4, -0.2) is 44.9 Å². The predicted molar refractivity (Wildman–Crippen MR) is 63.2 cm³/mol. The van der Waals surface area contributed by atoms with Gasteiger partial charge in [-0.15, -0.1) is 11.8 Å². The normalized spacial score (nSPS) is 29.1. The number of aliphatic hydroxyl groups excluding tert-OH is 1. The molecule has 2 aliphatic heterocycles. The number of thioether (sulfide) groups is 1. The van der Waals surface area contributed by atoms with Gasteiger partial charge in [-0.1, -0.05) is 6.92 Å². The molecule has 3 atom stereocenters. The lowest BCUT2D eigenvalue weighted by atomic mass is 9.83. The van der Waals surface area contributed by atoms with Crippen molar-refractivity contribution in [1.82, 2.24) is 4.90 Å². The van der Waals surface area contributed by atoms with Crippen molar-refractivity contribution in [3.63, 3.8) is 0 Å². The average molecular weight is 257 g/mol. The number of amides is 1. The van der Waals surface area contributed by atoms with Crippen LogP contribution in [-0.2, 0) is 9.59 Å². The van der Waals surface area contributed by atoms with E-state index in [-0.39, 0.29) is 17.6 Å². The lowest BCUT2D eigenvalue weighted by Crippen LogP contribution is -2.61. The van der Waals surface area contributed by atoms with Gasteiger partial charge in [0.15, 0.2) is 0 Å². The maximum Gasteiger partial charge on any atom is 0.353 e. The molecule has 0 aromatic carbocycles. The van der Waals surface area contributed by atoms with Gasteiger partial charge in [0.2, 0.25) is 5.91 Å². The van der Waals surface area contributed by atoms with Crippen LogP contribution in [0.4, 0.5) is 0 Å². The number of nitrogens with zero attached hydrogens (tertiary/aromatic N) is 1. The summed E-state index contributed by atoms with van der Waals surface area (Å²) in [5, 5.41) is 18.7. The summed E-state index contributed by atoms with van der Waals surface area (Å²) in [5.41, 5.74) is 0.115. The fourth-order valence-corrected chi connectivity index (χ4v) is 3.49. The van der Waals surface area contributed by atoms with Crippen LogP contribution in [0.15, 0.2) is 10.6 Å². The molecule has 1 fully saturated rings. The number of hydrogen-bond donors (Lipinski definition) is 2. The van der Waals surface area contributed by atoms with Crippen molar-refractivity contribution < 1.29 is 19.8 Å². The SMILES string of the molecule is CCSC1=C(C(=O)O)N2C(=O)[C@@H]([C@H](C)O)[C@H]2C1. The quantitative estimate of drug-likeness (QED) is 0.723. The molecule has 0 spiro atoms. The molecule has 94 valence electrons. The fraction of sp³-hybridized carbons (Fsp3) is 0.636. The largest absolute Gasteiger partial charge is 0.477 e. The Morgan fingerprint density at radius 3 is 2.76 bits per heavy atom. The topological polar surface area (TPSA) is 77.8 Å². The summed E-state index contributed by atoms with van der Waals surface area (Å²) in [6.07, 6.45) is -0.161. The van der Waals surface area contributed by atoms with Gasteiger partial charge < -0.3 is 15.1 Å². The second-order valence-electron chi connectivity index (χ2n) is 4.26. The van der Waals surface area contributed by atoms with Crippen molar-refractivity contribution in [2.24, 2.45) is 5.92 Å². The molecule has 0 aromatic rings. The van der Waals surface area contributed by atoms with E-state index in [0.717, 1.165) is 10.7 Å². The third kappa shape index (κ3) is 1.75. The first-order valence-electron chi connectivity index (χ1n) is 5.59. The molecule has 6 heteroatoms. The van der Waals surface area contributed by atoms with Gasteiger partial charge >= 0.3 is 5.97 Å². The van der Waals surface area contributed by atoms with Crippen LogP contribution in [0.25, 0.3) is 0 Å². The van der Waals surface area contributed by atoms with Crippen molar-refractivity contribution in [3.05, 3.63) is 10.6 Å². The van der Waals surface area contributed by atoms with Crippen LogP contribution in [0.1, 0.15) is 20.3 Å². The second-order valence-corrected chi connectivity index (χ2v) is 5.61. The number of carboxylic acids is 1. The monoisotopic (exact) mass is 257 g/mol. The molecule has 1 amide bonds. The third-order valence-electron chi connectivity index (χ3n) is 3.21. The number of carboxylic acid groups (broad SMARTS) is 1. The molecule has 0 saturated carbocycles. The Balaban J connectivity index is 2.26. The van der Waals surface area contributed by atoms with Gasteiger partial charge in [0.1, 0.15) is 5.70 Å². The summed E-state index contributed by atoms with van der Waals surface area (Å²) in [4.78, 5) is 25.1. The first kappa shape index (κ1) is 12.4. The summed E-state index contributed by atoms with van der Waals surface area (Å²) < 4.78 is 0. The van der Waals surface area contributed by atoms with Gasteiger partial charge in [0, 0.05) is 11.3 Å². The molecule has 5 nitrogen and oxygen atoms in total. The summed E-state index contributed by atoms with van der Waals surface area (Å²) in [5.74, 6) is -0.991. The number of β-lactam (4-membered cyclic amide) rings is 1. The summed E-state index contributed by atoms with van der Waals surface area (Å²) in [6.45, 7) is 3.52. The number of aliphatic carboxylic acids is 1. The van der Waals surface area contributed by atoms with Crippen LogP contribution in [0.2, 0.25) is 0 Å². The minimum Gasteiger partial charge on any atom is -0.477 e. The van der Waals surface area contributed by atoms with E-state index in [4.69, 9.17) is 5.11 Å². The van der Waals surface area contributed by atoms with Gasteiger partial charge in [-0.3, -0.25) is 4.79 Å². The van der Waals surface area contributed by atoms with Gasteiger partial charge in [0.05, 0.1) is 18.1 Å². The molecule has 17 heavy (non-hydrogen) atoms. The van der Waals surface area contributed by atoms with Gasteiger partial charge in [-0.25, -0.2) is 4.79 Å². The number of rotatable bonds is 4. The molecule has 2 heterocycles. The second kappa shape index (κ2) is 4.34. The van der Waals surface area contributed by atoms with Crippen LogP contribution in [0.5, 0.6) is 0 Å². The minimum atomic E-state index is -1.05. The maximum absolute atomic E-state index is 11.8. The Morgan fingerprint density at radius 2 is 2.29 bits per heavy atom. The molecular formula is C11H15NO4S. The molecule has 2 aliphatic rings. The van der Waals surface area contributed by atoms with Gasteiger partial charge in [0.25, 0.3) is 0 Å². The lowest BCUT2D eigenvalue weighted by Gasteiger charge is -2.44. The fourth-order valence-electron chi connectivity index (χ4n) is 2.53. The molecule has 0 bridgehead atoms. The number of hydrogen-bond acceptors (Lipinski definition) is 4. The highest BCUT2D eigenvalue weighted by molar-refractivity contribution is 8.03. The third-order valence-corrected chi connectivity index (χ3v) is 4.21. The van der Waals surface area contributed by atoms with E-state index in [0.29, 0.717) is 6.42 Å². The van der Waals surface area contributed by atoms with Crippen LogP contribution < -0.4 is 0 Å². The van der Waals surface area contributed by atoms with E-state index >= 15 is 0 Å². The van der Waals surface area contributed by atoms with Crippen LogP contribution in [0.3, 0.4) is 0 Å². The zero-order valence-corrected chi connectivity index (χ0v) is 10.5. The van der Waals surface area contributed by atoms with E-state index in [1.807, 2.05) is 6.92 Å². The Kier molecular flexibility index (Phi) is 3.18. The smallest absolute Gasteiger partial charge is 0.353 e. The predicted octanol–water partition coefficient (Wildman–Crippen LogP) is 0.647. The van der Waals surface area contributed by atoms with Crippen molar-refractivity contribution >= 4 is 23.6 Å². The minimum absolute atomic E-state index is 0.115. The average Bonchev–Trinajstić information content (AvgIpc) is 2.53. The van der Waals surface area contributed by atoms with Crippen molar-refractivity contribution in [2.75, 3.05) is 5.75 Å². The van der Waals surface area contributed by atoms with E-state index in [9.17, 15) is 14.7 Å². The highest BCUT2D eigenvalue weighted by Gasteiger charge is 2.56. The number of carbonyl (C=O) groups is 2. The highest BCUT2D eigenvalue weighted by atomic mass is 32.2. The Morgan fingerprint density at radius 1 is 1.65 bits per heavy atom.